The Morgan fingerprint density at radius 1 is 1.35 bits per heavy atom. The maximum Gasteiger partial charge on any atom is 0.243 e. The van der Waals surface area contributed by atoms with Crippen LogP contribution in [0, 0.1) is 0 Å². The summed E-state index contributed by atoms with van der Waals surface area (Å²) >= 11 is 0. The fourth-order valence-corrected chi connectivity index (χ4v) is 4.75. The second-order valence-electron chi connectivity index (χ2n) is 5.37. The number of aryl methyl sites for hydroxylation is 1. The van der Waals surface area contributed by atoms with Crippen LogP contribution in [0.4, 0.5) is 0 Å². The Hall–Kier alpha value is -1.11. The van der Waals surface area contributed by atoms with Gasteiger partial charge in [-0.15, -0.1) is 0 Å². The molecular weight excluding hydrogens is 276 g/mol. The van der Waals surface area contributed by atoms with Crippen molar-refractivity contribution < 1.29 is 13.2 Å². The van der Waals surface area contributed by atoms with Crippen molar-refractivity contribution in [2.24, 2.45) is 5.73 Å². The third-order valence-electron chi connectivity index (χ3n) is 4.08. The van der Waals surface area contributed by atoms with Crippen LogP contribution < -0.4 is 10.5 Å². The predicted molar refractivity (Wildman–Crippen MR) is 76.2 cm³/mol. The van der Waals surface area contributed by atoms with E-state index in [0.29, 0.717) is 24.6 Å². The molecule has 6 heteroatoms. The summed E-state index contributed by atoms with van der Waals surface area (Å²) in [4.78, 5) is 0.363. The minimum Gasteiger partial charge on any atom is -0.493 e. The van der Waals surface area contributed by atoms with Gasteiger partial charge in [0.05, 0.1) is 11.5 Å². The van der Waals surface area contributed by atoms with Crippen LogP contribution in [0.5, 0.6) is 5.75 Å². The second-order valence-corrected chi connectivity index (χ2v) is 7.26. The Balaban J connectivity index is 1.95. The van der Waals surface area contributed by atoms with Gasteiger partial charge in [0, 0.05) is 19.1 Å². The molecule has 2 aliphatic rings. The Labute approximate surface area is 119 Å². The lowest BCUT2D eigenvalue weighted by atomic mass is 10.1. The van der Waals surface area contributed by atoms with E-state index in [1.807, 2.05) is 0 Å². The first-order valence-corrected chi connectivity index (χ1v) is 8.54. The molecule has 0 aromatic heterocycles. The van der Waals surface area contributed by atoms with Crippen molar-refractivity contribution in [2.45, 2.75) is 36.6 Å². The van der Waals surface area contributed by atoms with E-state index in [9.17, 15) is 8.42 Å². The number of sulfonamides is 1. The van der Waals surface area contributed by atoms with Crippen LogP contribution in [0.2, 0.25) is 0 Å². The second kappa shape index (κ2) is 5.35. The number of hydrogen-bond donors (Lipinski definition) is 1. The molecule has 0 radical (unpaired) electrons. The first kappa shape index (κ1) is 13.9. The van der Waals surface area contributed by atoms with Crippen LogP contribution in [-0.2, 0) is 16.4 Å². The molecule has 2 N–H and O–H groups in total. The fraction of sp³-hybridized carbons (Fsp3) is 0.571. The summed E-state index contributed by atoms with van der Waals surface area (Å²) in [7, 11) is -3.44. The molecule has 0 bridgehead atoms. The smallest absolute Gasteiger partial charge is 0.243 e. The van der Waals surface area contributed by atoms with Crippen molar-refractivity contribution in [3.8, 4) is 5.75 Å². The lowest BCUT2D eigenvalue weighted by molar-refractivity contribution is 0.288. The van der Waals surface area contributed by atoms with Gasteiger partial charge in [0.2, 0.25) is 10.0 Å². The largest absolute Gasteiger partial charge is 0.493 e. The molecule has 1 unspecified atom stereocenters. The molecule has 2 heterocycles. The molecular formula is C14H20N2O3S. The number of nitrogens with two attached hydrogens (primary N) is 1. The SMILES string of the molecule is NCC1CCCN1S(=O)(=O)c1ccc2c(c1)CCCO2. The van der Waals surface area contributed by atoms with Crippen molar-refractivity contribution in [3.63, 3.8) is 0 Å². The highest BCUT2D eigenvalue weighted by atomic mass is 32.2. The highest BCUT2D eigenvalue weighted by molar-refractivity contribution is 7.89. The van der Waals surface area contributed by atoms with Gasteiger partial charge in [-0.25, -0.2) is 8.42 Å². The Morgan fingerprint density at radius 2 is 2.20 bits per heavy atom. The van der Waals surface area contributed by atoms with Crippen LogP contribution >= 0.6 is 0 Å². The monoisotopic (exact) mass is 296 g/mol. The van der Waals surface area contributed by atoms with Crippen LogP contribution in [0.1, 0.15) is 24.8 Å². The Morgan fingerprint density at radius 3 is 3.00 bits per heavy atom. The normalized spacial score (nSPS) is 23.4. The summed E-state index contributed by atoms with van der Waals surface area (Å²) in [6, 6.07) is 5.11. The maximum atomic E-state index is 12.7. The average molecular weight is 296 g/mol. The molecule has 0 saturated carbocycles. The van der Waals surface area contributed by atoms with Crippen molar-refractivity contribution in [1.29, 1.82) is 0 Å². The number of nitrogens with zero attached hydrogens (tertiary/aromatic N) is 1. The summed E-state index contributed by atoms with van der Waals surface area (Å²) in [6.07, 6.45) is 3.55. The van der Waals surface area contributed by atoms with Gasteiger partial charge in [0.25, 0.3) is 0 Å². The van der Waals surface area contributed by atoms with Crippen molar-refractivity contribution in [3.05, 3.63) is 23.8 Å². The lowest BCUT2D eigenvalue weighted by Gasteiger charge is -2.24. The van der Waals surface area contributed by atoms with E-state index in [-0.39, 0.29) is 6.04 Å². The Bertz CT molecular complexity index is 600. The van der Waals surface area contributed by atoms with Crippen molar-refractivity contribution in [2.75, 3.05) is 19.7 Å². The first-order valence-electron chi connectivity index (χ1n) is 7.10. The molecule has 110 valence electrons. The van der Waals surface area contributed by atoms with Crippen LogP contribution in [0.25, 0.3) is 0 Å². The summed E-state index contributed by atoms with van der Waals surface area (Å²) in [5.74, 6) is 0.812. The third kappa shape index (κ3) is 2.32. The van der Waals surface area contributed by atoms with Gasteiger partial charge in [0.15, 0.2) is 0 Å². The molecule has 20 heavy (non-hydrogen) atoms. The minimum atomic E-state index is -3.44. The average Bonchev–Trinajstić information content (AvgIpc) is 2.96. The molecule has 5 nitrogen and oxygen atoms in total. The topological polar surface area (TPSA) is 72.6 Å². The molecule has 1 aromatic carbocycles. The van der Waals surface area contributed by atoms with Crippen molar-refractivity contribution in [1.82, 2.24) is 4.31 Å². The molecule has 1 atom stereocenters. The van der Waals surface area contributed by atoms with Gasteiger partial charge < -0.3 is 10.5 Å². The fourth-order valence-electron chi connectivity index (χ4n) is 2.99. The van der Waals surface area contributed by atoms with E-state index >= 15 is 0 Å². The summed E-state index contributed by atoms with van der Waals surface area (Å²) < 4.78 is 32.5. The quantitative estimate of drug-likeness (QED) is 0.907. The summed E-state index contributed by atoms with van der Waals surface area (Å²) in [6.45, 7) is 1.66. The number of benzene rings is 1. The van der Waals surface area contributed by atoms with Crippen LogP contribution in [0.3, 0.4) is 0 Å². The molecule has 2 aliphatic heterocycles. The van der Waals surface area contributed by atoms with Gasteiger partial charge in [-0.05, 0) is 49.4 Å². The van der Waals surface area contributed by atoms with Crippen molar-refractivity contribution >= 4 is 10.0 Å². The maximum absolute atomic E-state index is 12.7. The van der Waals surface area contributed by atoms with E-state index < -0.39 is 10.0 Å². The molecule has 1 saturated heterocycles. The summed E-state index contributed by atoms with van der Waals surface area (Å²) in [5, 5.41) is 0. The van der Waals surface area contributed by atoms with Gasteiger partial charge in [-0.1, -0.05) is 0 Å². The van der Waals surface area contributed by atoms with Gasteiger partial charge >= 0.3 is 0 Å². The number of rotatable bonds is 3. The molecule has 0 amide bonds. The number of fused-ring (bicyclic) bond motifs is 1. The third-order valence-corrected chi connectivity index (χ3v) is 6.03. The van der Waals surface area contributed by atoms with E-state index in [1.165, 1.54) is 0 Å². The Kier molecular flexibility index (Phi) is 3.70. The standard InChI is InChI=1S/C14H20N2O3S/c15-10-12-4-1-7-16(12)20(17,18)13-5-6-14-11(9-13)3-2-8-19-14/h5-6,9,12H,1-4,7-8,10,15H2. The molecule has 0 spiro atoms. The molecule has 0 aliphatic carbocycles. The zero-order valence-corrected chi connectivity index (χ0v) is 12.2. The van der Waals surface area contributed by atoms with Gasteiger partial charge in [0.1, 0.15) is 5.75 Å². The van der Waals surface area contributed by atoms with E-state index in [1.54, 1.807) is 22.5 Å². The van der Waals surface area contributed by atoms with E-state index in [2.05, 4.69) is 0 Å². The highest BCUT2D eigenvalue weighted by Gasteiger charge is 2.34. The molecule has 1 aromatic rings. The zero-order chi connectivity index (χ0) is 14.2. The van der Waals surface area contributed by atoms with Gasteiger partial charge in [-0.2, -0.15) is 4.31 Å². The number of hydrogen-bond acceptors (Lipinski definition) is 4. The minimum absolute atomic E-state index is 0.0627. The summed E-state index contributed by atoms with van der Waals surface area (Å²) in [5.41, 5.74) is 6.67. The molecule has 3 rings (SSSR count). The van der Waals surface area contributed by atoms with E-state index in [0.717, 1.165) is 37.0 Å². The number of ether oxygens (including phenoxy) is 1. The highest BCUT2D eigenvalue weighted by Crippen LogP contribution is 2.31. The lowest BCUT2D eigenvalue weighted by Crippen LogP contribution is -2.39. The predicted octanol–water partition coefficient (Wildman–Crippen LogP) is 1.12. The van der Waals surface area contributed by atoms with Crippen LogP contribution in [-0.4, -0.2) is 38.5 Å². The zero-order valence-electron chi connectivity index (χ0n) is 11.4. The first-order chi connectivity index (χ1) is 9.63. The van der Waals surface area contributed by atoms with E-state index in [4.69, 9.17) is 10.5 Å². The van der Waals surface area contributed by atoms with Crippen LogP contribution in [0.15, 0.2) is 23.1 Å². The molecule has 1 fully saturated rings. The van der Waals surface area contributed by atoms with Gasteiger partial charge in [-0.3, -0.25) is 0 Å².